The second-order valence-electron chi connectivity index (χ2n) is 6.73. The van der Waals surface area contributed by atoms with Gasteiger partial charge in [-0.05, 0) is 45.7 Å². The minimum absolute atomic E-state index is 0.0527. The number of rotatable bonds is 3. The Morgan fingerprint density at radius 1 is 1.39 bits per heavy atom. The smallest absolute Gasteiger partial charge is 0.410 e. The number of hydrogen-bond donors (Lipinski definition) is 0. The summed E-state index contributed by atoms with van der Waals surface area (Å²) in [5, 5.41) is 0.655. The van der Waals surface area contributed by atoms with E-state index in [1.165, 1.54) is 11.3 Å². The van der Waals surface area contributed by atoms with Crippen LogP contribution in [0.3, 0.4) is 0 Å². The Balaban J connectivity index is 1.61. The molecule has 1 saturated heterocycles. The van der Waals surface area contributed by atoms with Gasteiger partial charge in [0.15, 0.2) is 0 Å². The second-order valence-corrected chi connectivity index (χ2v) is 7.72. The van der Waals surface area contributed by atoms with Gasteiger partial charge in [-0.2, -0.15) is 0 Å². The molecule has 1 fully saturated rings. The third-order valence-corrected chi connectivity index (χ3v) is 4.63. The molecule has 1 aromatic heterocycles. The summed E-state index contributed by atoms with van der Waals surface area (Å²) in [7, 11) is 0. The standard InChI is InChI=1S/C17H22N2O3S/c1-17(2,3)22-16(20)19-10-6-7-12(19)11-21-15-18-13-8-4-5-9-14(13)23-15/h4-5,8-9,12H,6-7,10-11H2,1-3H3/t12-/m0/s1. The maximum absolute atomic E-state index is 12.3. The van der Waals surface area contributed by atoms with Crippen LogP contribution in [0.4, 0.5) is 4.79 Å². The molecule has 1 amide bonds. The van der Waals surface area contributed by atoms with Gasteiger partial charge in [0.25, 0.3) is 5.19 Å². The zero-order valence-corrected chi connectivity index (χ0v) is 14.6. The number of para-hydroxylation sites is 1. The number of carbonyl (C=O) groups is 1. The molecule has 5 nitrogen and oxygen atoms in total. The zero-order chi connectivity index (χ0) is 16.4. The van der Waals surface area contributed by atoms with Crippen molar-refractivity contribution in [1.82, 2.24) is 9.88 Å². The lowest BCUT2D eigenvalue weighted by Gasteiger charge is -2.28. The lowest BCUT2D eigenvalue weighted by atomic mass is 10.2. The molecule has 0 N–H and O–H groups in total. The highest BCUT2D eigenvalue weighted by atomic mass is 32.1. The molecule has 1 aliphatic heterocycles. The quantitative estimate of drug-likeness (QED) is 0.849. The molecule has 0 unspecified atom stereocenters. The molecule has 0 aliphatic carbocycles. The van der Waals surface area contributed by atoms with Crippen molar-refractivity contribution < 1.29 is 14.3 Å². The maximum Gasteiger partial charge on any atom is 0.410 e. The monoisotopic (exact) mass is 334 g/mol. The molecule has 0 radical (unpaired) electrons. The van der Waals surface area contributed by atoms with E-state index < -0.39 is 5.60 Å². The summed E-state index contributed by atoms with van der Waals surface area (Å²) in [5.41, 5.74) is 0.473. The van der Waals surface area contributed by atoms with E-state index in [1.807, 2.05) is 45.0 Å². The fraction of sp³-hybridized carbons (Fsp3) is 0.529. The summed E-state index contributed by atoms with van der Waals surface area (Å²) in [4.78, 5) is 18.5. The van der Waals surface area contributed by atoms with Gasteiger partial charge in [0, 0.05) is 6.54 Å². The first-order chi connectivity index (χ1) is 10.9. The van der Waals surface area contributed by atoms with Crippen LogP contribution in [0.1, 0.15) is 33.6 Å². The molecule has 1 aliphatic rings. The minimum atomic E-state index is -0.474. The number of benzene rings is 1. The molecule has 0 spiro atoms. The van der Waals surface area contributed by atoms with Gasteiger partial charge < -0.3 is 14.4 Å². The predicted octanol–water partition coefficient (Wildman–Crippen LogP) is 4.07. The van der Waals surface area contributed by atoms with Crippen LogP contribution >= 0.6 is 11.3 Å². The Labute approximate surface area is 140 Å². The van der Waals surface area contributed by atoms with Crippen LogP contribution in [-0.2, 0) is 4.74 Å². The first-order valence-electron chi connectivity index (χ1n) is 7.90. The van der Waals surface area contributed by atoms with Crippen molar-refractivity contribution >= 4 is 27.6 Å². The molecule has 2 heterocycles. The molecule has 1 atom stereocenters. The van der Waals surface area contributed by atoms with Gasteiger partial charge in [0.2, 0.25) is 0 Å². The van der Waals surface area contributed by atoms with Gasteiger partial charge in [-0.3, -0.25) is 0 Å². The molecule has 0 bridgehead atoms. The van der Waals surface area contributed by atoms with E-state index in [-0.39, 0.29) is 12.1 Å². The van der Waals surface area contributed by atoms with E-state index in [4.69, 9.17) is 9.47 Å². The molecular formula is C17H22N2O3S. The molecule has 0 saturated carbocycles. The van der Waals surface area contributed by atoms with E-state index in [0.717, 1.165) is 29.6 Å². The Bertz CT molecular complexity index is 659. The number of fused-ring (bicyclic) bond motifs is 1. The molecule has 3 rings (SSSR count). The van der Waals surface area contributed by atoms with Crippen LogP contribution in [0.15, 0.2) is 24.3 Å². The Kier molecular flexibility index (Phi) is 4.43. The number of hydrogen-bond acceptors (Lipinski definition) is 5. The number of ether oxygens (including phenoxy) is 2. The summed E-state index contributed by atoms with van der Waals surface area (Å²) in [6.07, 6.45) is 1.66. The fourth-order valence-electron chi connectivity index (χ4n) is 2.65. The van der Waals surface area contributed by atoms with Crippen LogP contribution < -0.4 is 4.74 Å². The molecule has 2 aromatic rings. The third kappa shape index (κ3) is 3.93. The van der Waals surface area contributed by atoms with E-state index in [2.05, 4.69) is 4.98 Å². The second kappa shape index (κ2) is 6.35. The third-order valence-electron chi connectivity index (χ3n) is 3.68. The van der Waals surface area contributed by atoms with Crippen molar-refractivity contribution in [2.45, 2.75) is 45.3 Å². The van der Waals surface area contributed by atoms with Crippen molar-refractivity contribution in [3.8, 4) is 5.19 Å². The Morgan fingerprint density at radius 2 is 2.17 bits per heavy atom. The maximum atomic E-state index is 12.3. The number of carbonyl (C=O) groups excluding carboxylic acids is 1. The summed E-state index contributed by atoms with van der Waals surface area (Å²) in [6, 6.07) is 8.01. The highest BCUT2D eigenvalue weighted by Crippen LogP contribution is 2.28. The number of nitrogens with zero attached hydrogens (tertiary/aromatic N) is 2. The van der Waals surface area contributed by atoms with E-state index in [1.54, 1.807) is 4.90 Å². The fourth-order valence-corrected chi connectivity index (χ4v) is 3.47. The Hall–Kier alpha value is -1.82. The molecule has 1 aromatic carbocycles. The van der Waals surface area contributed by atoms with Crippen LogP contribution in [0, 0.1) is 0 Å². The van der Waals surface area contributed by atoms with Crippen LogP contribution in [0.5, 0.6) is 5.19 Å². The van der Waals surface area contributed by atoms with Crippen LogP contribution in [0.25, 0.3) is 10.2 Å². The van der Waals surface area contributed by atoms with Crippen LogP contribution in [0.2, 0.25) is 0 Å². The SMILES string of the molecule is CC(C)(C)OC(=O)N1CCC[C@H]1COc1nc2ccccc2s1. The van der Waals surface area contributed by atoms with Gasteiger partial charge in [0.1, 0.15) is 12.2 Å². The van der Waals surface area contributed by atoms with Gasteiger partial charge in [0.05, 0.1) is 16.3 Å². The molecular weight excluding hydrogens is 312 g/mol. The van der Waals surface area contributed by atoms with Gasteiger partial charge >= 0.3 is 6.09 Å². The van der Waals surface area contributed by atoms with Crippen molar-refractivity contribution in [2.24, 2.45) is 0 Å². The zero-order valence-electron chi connectivity index (χ0n) is 13.7. The van der Waals surface area contributed by atoms with E-state index in [9.17, 15) is 4.79 Å². The lowest BCUT2D eigenvalue weighted by Crippen LogP contribution is -2.42. The largest absolute Gasteiger partial charge is 0.468 e. The van der Waals surface area contributed by atoms with Crippen molar-refractivity contribution in [3.05, 3.63) is 24.3 Å². The van der Waals surface area contributed by atoms with Gasteiger partial charge in [-0.15, -0.1) is 0 Å². The number of thiazole rings is 1. The minimum Gasteiger partial charge on any atom is -0.468 e. The summed E-state index contributed by atoms with van der Waals surface area (Å²) in [6.45, 7) is 6.83. The number of amides is 1. The number of likely N-dealkylation sites (tertiary alicyclic amines) is 1. The topological polar surface area (TPSA) is 51.7 Å². The average Bonchev–Trinajstić information content (AvgIpc) is 3.09. The molecule has 124 valence electrons. The van der Waals surface area contributed by atoms with Crippen molar-refractivity contribution in [3.63, 3.8) is 0 Å². The summed E-state index contributed by atoms with van der Waals surface area (Å²) in [5.74, 6) is 0. The van der Waals surface area contributed by atoms with Crippen molar-refractivity contribution in [2.75, 3.05) is 13.2 Å². The van der Waals surface area contributed by atoms with Crippen molar-refractivity contribution in [1.29, 1.82) is 0 Å². The summed E-state index contributed by atoms with van der Waals surface area (Å²) < 4.78 is 12.4. The molecule has 6 heteroatoms. The molecule has 23 heavy (non-hydrogen) atoms. The predicted molar refractivity (Wildman–Crippen MR) is 91.1 cm³/mol. The first kappa shape index (κ1) is 16.1. The first-order valence-corrected chi connectivity index (χ1v) is 8.72. The summed E-state index contributed by atoms with van der Waals surface area (Å²) >= 11 is 1.53. The highest BCUT2D eigenvalue weighted by Gasteiger charge is 2.32. The van der Waals surface area contributed by atoms with Gasteiger partial charge in [-0.1, -0.05) is 23.5 Å². The number of aromatic nitrogens is 1. The highest BCUT2D eigenvalue weighted by molar-refractivity contribution is 7.20. The van der Waals surface area contributed by atoms with Crippen LogP contribution in [-0.4, -0.2) is 40.8 Å². The average molecular weight is 334 g/mol. The van der Waals surface area contributed by atoms with E-state index >= 15 is 0 Å². The normalized spacial score (nSPS) is 18.4. The lowest BCUT2D eigenvalue weighted by molar-refractivity contribution is 0.0187. The Morgan fingerprint density at radius 3 is 2.91 bits per heavy atom. The van der Waals surface area contributed by atoms with E-state index in [0.29, 0.717) is 11.8 Å². The van der Waals surface area contributed by atoms with Gasteiger partial charge in [-0.25, -0.2) is 9.78 Å².